The van der Waals surface area contributed by atoms with E-state index in [9.17, 15) is 18.8 Å². The van der Waals surface area contributed by atoms with E-state index in [1.807, 2.05) is 0 Å². The van der Waals surface area contributed by atoms with Crippen molar-refractivity contribution in [1.29, 1.82) is 0 Å². The second-order valence-electron chi connectivity index (χ2n) is 9.09. The van der Waals surface area contributed by atoms with Gasteiger partial charge in [-0.25, -0.2) is 4.39 Å². The minimum absolute atomic E-state index is 0.117. The normalized spacial score (nSPS) is 29.3. The maximum atomic E-state index is 13.1. The van der Waals surface area contributed by atoms with Crippen LogP contribution in [0, 0.1) is 29.0 Å². The Morgan fingerprint density at radius 3 is 2.31 bits per heavy atom. The van der Waals surface area contributed by atoms with E-state index in [2.05, 4.69) is 10.6 Å². The minimum atomic E-state index is -0.668. The fourth-order valence-corrected chi connectivity index (χ4v) is 6.04. The van der Waals surface area contributed by atoms with Crippen molar-refractivity contribution in [1.82, 2.24) is 5.32 Å². The van der Waals surface area contributed by atoms with Gasteiger partial charge in [0.2, 0.25) is 5.91 Å². The summed E-state index contributed by atoms with van der Waals surface area (Å²) in [7, 11) is 0. The van der Waals surface area contributed by atoms with Gasteiger partial charge in [-0.15, -0.1) is 0 Å². The van der Waals surface area contributed by atoms with E-state index in [1.54, 1.807) is 0 Å². The molecule has 4 saturated carbocycles. The van der Waals surface area contributed by atoms with Crippen molar-refractivity contribution in [2.75, 3.05) is 18.5 Å². The Morgan fingerprint density at radius 2 is 1.69 bits per heavy atom. The van der Waals surface area contributed by atoms with Gasteiger partial charge in [0.1, 0.15) is 12.4 Å². The van der Waals surface area contributed by atoms with Gasteiger partial charge >= 0.3 is 5.97 Å². The molecule has 0 atom stereocenters. The number of nitrogens with one attached hydrogen (secondary N) is 2. The summed E-state index contributed by atoms with van der Waals surface area (Å²) in [4.78, 5) is 36.0. The summed E-state index contributed by atoms with van der Waals surface area (Å²) in [6, 6.07) is 5.44. The summed E-state index contributed by atoms with van der Waals surface area (Å²) in [6.07, 6.45) is 7.86. The first-order valence-corrected chi connectivity index (χ1v) is 10.4. The third-order valence-corrected chi connectivity index (χ3v) is 6.60. The highest BCUT2D eigenvalue weighted by atomic mass is 19.1. The maximum Gasteiger partial charge on any atom is 0.325 e. The lowest BCUT2D eigenvalue weighted by Gasteiger charge is -2.56. The number of anilines is 1. The van der Waals surface area contributed by atoms with Crippen LogP contribution in [0.4, 0.5) is 10.1 Å². The third-order valence-electron chi connectivity index (χ3n) is 6.60. The average molecular weight is 402 g/mol. The second kappa shape index (κ2) is 8.13. The van der Waals surface area contributed by atoms with E-state index in [0.29, 0.717) is 6.42 Å². The zero-order chi connectivity index (χ0) is 20.4. The van der Waals surface area contributed by atoms with Gasteiger partial charge in [-0.05, 0) is 79.9 Å². The number of hydrogen-bond acceptors (Lipinski definition) is 4. The first-order chi connectivity index (χ1) is 13.9. The fourth-order valence-electron chi connectivity index (χ4n) is 6.04. The standard InChI is InChI=1S/C22H27FN2O4/c23-17-2-1-3-18(7-17)25-20(27)13-29-21(28)12-24-19(26)11-22-8-14-4-15(9-22)6-16(5-14)10-22/h1-3,7,14-16H,4-6,8-13H2,(H,24,26)(H,25,27). The summed E-state index contributed by atoms with van der Waals surface area (Å²) in [6.45, 7) is -0.737. The van der Waals surface area contributed by atoms with Crippen molar-refractivity contribution in [3.8, 4) is 0 Å². The molecule has 4 aliphatic rings. The van der Waals surface area contributed by atoms with E-state index in [1.165, 1.54) is 43.5 Å². The van der Waals surface area contributed by atoms with Crippen LogP contribution in [0.3, 0.4) is 0 Å². The van der Waals surface area contributed by atoms with Crippen LogP contribution in [0.1, 0.15) is 44.9 Å². The minimum Gasteiger partial charge on any atom is -0.454 e. The Hall–Kier alpha value is -2.44. The zero-order valence-corrected chi connectivity index (χ0v) is 16.4. The van der Waals surface area contributed by atoms with Gasteiger partial charge < -0.3 is 15.4 Å². The largest absolute Gasteiger partial charge is 0.454 e. The molecule has 4 fully saturated rings. The molecule has 0 radical (unpaired) electrons. The molecule has 5 rings (SSSR count). The summed E-state index contributed by atoms with van der Waals surface area (Å²) < 4.78 is 18.0. The molecule has 1 aromatic rings. The second-order valence-corrected chi connectivity index (χ2v) is 9.09. The van der Waals surface area contributed by atoms with Crippen molar-refractivity contribution < 1.29 is 23.5 Å². The third kappa shape index (κ3) is 4.95. The zero-order valence-electron chi connectivity index (χ0n) is 16.4. The molecule has 2 N–H and O–H groups in total. The molecular formula is C22H27FN2O4. The predicted octanol–water partition coefficient (Wildman–Crippen LogP) is 3.03. The number of halogens is 1. The van der Waals surface area contributed by atoms with Crippen LogP contribution < -0.4 is 10.6 Å². The lowest BCUT2D eigenvalue weighted by molar-refractivity contribution is -0.147. The van der Waals surface area contributed by atoms with Crippen molar-refractivity contribution in [2.24, 2.45) is 23.2 Å². The first-order valence-electron chi connectivity index (χ1n) is 10.4. The Kier molecular flexibility index (Phi) is 5.56. The summed E-state index contributed by atoms with van der Waals surface area (Å²) >= 11 is 0. The van der Waals surface area contributed by atoms with Gasteiger partial charge in [0, 0.05) is 12.1 Å². The van der Waals surface area contributed by atoms with Crippen molar-refractivity contribution in [3.05, 3.63) is 30.1 Å². The fraction of sp³-hybridized carbons (Fsp3) is 0.591. The number of benzene rings is 1. The predicted molar refractivity (Wildman–Crippen MR) is 104 cm³/mol. The van der Waals surface area contributed by atoms with Gasteiger partial charge in [0.15, 0.2) is 6.61 Å². The Labute approximate surface area is 169 Å². The molecule has 0 unspecified atom stereocenters. The van der Waals surface area contributed by atoms with Crippen molar-refractivity contribution in [2.45, 2.75) is 44.9 Å². The molecule has 7 heteroatoms. The number of ether oxygens (including phenoxy) is 1. The molecule has 0 saturated heterocycles. The molecule has 4 bridgehead atoms. The lowest BCUT2D eigenvalue weighted by Crippen LogP contribution is -2.48. The van der Waals surface area contributed by atoms with Crippen LogP contribution in [-0.2, 0) is 19.1 Å². The molecule has 2 amide bonds. The SMILES string of the molecule is O=C(CC12CC3CC(CC(C3)C1)C2)NCC(=O)OCC(=O)Nc1cccc(F)c1. The summed E-state index contributed by atoms with van der Waals surface area (Å²) in [5.41, 5.74) is 0.406. The van der Waals surface area contributed by atoms with Gasteiger partial charge in [-0.2, -0.15) is 0 Å². The number of esters is 1. The number of carbonyl (C=O) groups excluding carboxylic acids is 3. The molecule has 0 spiro atoms. The van der Waals surface area contributed by atoms with E-state index >= 15 is 0 Å². The molecular weight excluding hydrogens is 375 g/mol. The Morgan fingerprint density at radius 1 is 1.03 bits per heavy atom. The molecule has 1 aromatic carbocycles. The molecule has 4 aliphatic carbocycles. The average Bonchev–Trinajstić information content (AvgIpc) is 2.63. The van der Waals surface area contributed by atoms with Crippen molar-refractivity contribution in [3.63, 3.8) is 0 Å². The van der Waals surface area contributed by atoms with Crippen LogP contribution in [0.2, 0.25) is 0 Å². The number of rotatable bonds is 7. The van der Waals surface area contributed by atoms with Crippen LogP contribution in [0.25, 0.3) is 0 Å². The molecule has 29 heavy (non-hydrogen) atoms. The highest BCUT2D eigenvalue weighted by molar-refractivity contribution is 5.93. The quantitative estimate of drug-likeness (QED) is 0.687. The number of hydrogen-bond donors (Lipinski definition) is 2. The van der Waals surface area contributed by atoms with Gasteiger partial charge in [-0.1, -0.05) is 6.07 Å². The molecule has 0 heterocycles. The van der Waals surface area contributed by atoms with Gasteiger partial charge in [0.25, 0.3) is 5.91 Å². The molecule has 0 aromatic heterocycles. The molecule has 156 valence electrons. The van der Waals surface area contributed by atoms with Crippen LogP contribution in [-0.4, -0.2) is 30.9 Å². The van der Waals surface area contributed by atoms with Gasteiger partial charge in [0.05, 0.1) is 0 Å². The highest BCUT2D eigenvalue weighted by Crippen LogP contribution is 2.61. The number of carbonyl (C=O) groups is 3. The van der Waals surface area contributed by atoms with Crippen LogP contribution >= 0.6 is 0 Å². The van der Waals surface area contributed by atoms with Gasteiger partial charge in [-0.3, -0.25) is 14.4 Å². The molecule has 6 nitrogen and oxygen atoms in total. The van der Waals surface area contributed by atoms with Crippen LogP contribution in [0.5, 0.6) is 0 Å². The Balaban J connectivity index is 1.17. The lowest BCUT2D eigenvalue weighted by atomic mass is 9.49. The molecule has 0 aliphatic heterocycles. The monoisotopic (exact) mass is 402 g/mol. The van der Waals surface area contributed by atoms with E-state index in [4.69, 9.17) is 4.74 Å². The van der Waals surface area contributed by atoms with Crippen molar-refractivity contribution >= 4 is 23.5 Å². The highest BCUT2D eigenvalue weighted by Gasteiger charge is 2.51. The Bertz CT molecular complexity index is 774. The summed E-state index contributed by atoms with van der Waals surface area (Å²) in [5.74, 6) is 0.499. The smallest absolute Gasteiger partial charge is 0.325 e. The number of amides is 2. The maximum absolute atomic E-state index is 13.1. The van der Waals surface area contributed by atoms with E-state index < -0.39 is 24.3 Å². The summed E-state index contributed by atoms with van der Waals surface area (Å²) in [5, 5.41) is 5.09. The van der Waals surface area contributed by atoms with E-state index in [-0.39, 0.29) is 23.6 Å². The van der Waals surface area contributed by atoms with Crippen LogP contribution in [0.15, 0.2) is 24.3 Å². The van der Waals surface area contributed by atoms with E-state index in [0.717, 1.165) is 37.0 Å². The topological polar surface area (TPSA) is 84.5 Å². The first kappa shape index (κ1) is 19.9.